The molecule has 1 N–H and O–H groups in total. The first-order chi connectivity index (χ1) is 23.3. The molecule has 3 nitrogen and oxygen atoms in total. The predicted molar refractivity (Wildman–Crippen MR) is 199 cm³/mol. The molecule has 1 atom stereocenters. The number of nitrogens with zero attached hydrogens (tertiary/aromatic N) is 2. The lowest BCUT2D eigenvalue weighted by Gasteiger charge is -2.24. The minimum atomic E-state index is -0.304. The molecule has 0 saturated carbocycles. The maximum absolute atomic E-state index is 5.30. The third-order valence-corrected chi connectivity index (χ3v) is 10.7. The molecule has 0 radical (unpaired) electrons. The second kappa shape index (κ2) is 10.3. The van der Waals surface area contributed by atoms with Crippen LogP contribution in [-0.2, 0) is 0 Å². The van der Waals surface area contributed by atoms with E-state index in [1.807, 2.05) is 23.5 Å². The van der Waals surface area contributed by atoms with Crippen LogP contribution in [0.2, 0.25) is 0 Å². The van der Waals surface area contributed by atoms with E-state index in [-0.39, 0.29) is 6.17 Å². The lowest BCUT2D eigenvalue weighted by atomic mass is 9.98. The van der Waals surface area contributed by atoms with E-state index in [0.29, 0.717) is 0 Å². The van der Waals surface area contributed by atoms with Crippen LogP contribution in [0, 0.1) is 0 Å². The second-order valence-electron chi connectivity index (χ2n) is 12.2. The summed E-state index contributed by atoms with van der Waals surface area (Å²) in [7, 11) is 0. The molecule has 1 aliphatic heterocycles. The van der Waals surface area contributed by atoms with Crippen molar-refractivity contribution in [3.8, 4) is 33.4 Å². The smallest absolute Gasteiger partial charge is 0.159 e. The molecule has 0 fully saturated rings. The van der Waals surface area contributed by atoms with E-state index in [9.17, 15) is 0 Å². The fourth-order valence-electron chi connectivity index (χ4n) is 7.33. The molecule has 10 rings (SSSR count). The van der Waals surface area contributed by atoms with E-state index in [0.717, 1.165) is 28.4 Å². The molecule has 0 saturated heterocycles. The van der Waals surface area contributed by atoms with Crippen molar-refractivity contribution >= 4 is 54.0 Å². The fourth-order valence-corrected chi connectivity index (χ4v) is 8.63. The molecule has 220 valence electrons. The zero-order valence-electron chi connectivity index (χ0n) is 25.3. The van der Waals surface area contributed by atoms with Gasteiger partial charge < -0.3 is 5.32 Å². The summed E-state index contributed by atoms with van der Waals surface area (Å²) in [5.41, 5.74) is 10.9. The number of thiophene rings is 1. The Balaban J connectivity index is 1.14. The standard InChI is InChI=1S/C43H27N3S/c1-3-10-26(11-4-1)27-20-22-30(23-21-27)42-44-41(29-12-5-2-6-13-29)45-43(46-42)35-18-9-19-36-38(35)34-25-24-32-31-16-7-14-28-15-8-17-33(37(28)31)39(32)40(34)47-36/h1-25,43H,(H,44,45,46). The summed E-state index contributed by atoms with van der Waals surface area (Å²) < 4.78 is 2.60. The van der Waals surface area contributed by atoms with E-state index in [2.05, 4.69) is 145 Å². The largest absolute Gasteiger partial charge is 0.344 e. The molecule has 8 aromatic rings. The first kappa shape index (κ1) is 26.4. The van der Waals surface area contributed by atoms with Crippen LogP contribution in [0.15, 0.2) is 162 Å². The summed E-state index contributed by atoms with van der Waals surface area (Å²) in [6, 6.07) is 54.1. The summed E-state index contributed by atoms with van der Waals surface area (Å²) in [6.07, 6.45) is -0.304. The molecule has 1 aliphatic carbocycles. The second-order valence-corrected chi connectivity index (χ2v) is 13.2. The van der Waals surface area contributed by atoms with Gasteiger partial charge in [0.2, 0.25) is 0 Å². The highest BCUT2D eigenvalue weighted by Gasteiger charge is 2.28. The number of hydrogen-bond acceptors (Lipinski definition) is 4. The normalized spacial score (nSPS) is 15.0. The monoisotopic (exact) mass is 617 g/mol. The molecule has 2 heterocycles. The van der Waals surface area contributed by atoms with Crippen LogP contribution < -0.4 is 5.32 Å². The summed E-state index contributed by atoms with van der Waals surface area (Å²) >= 11 is 1.89. The molecule has 0 spiro atoms. The Bertz CT molecular complexity index is 2570. The maximum atomic E-state index is 5.30. The van der Waals surface area contributed by atoms with Gasteiger partial charge in [-0.3, -0.25) is 0 Å². The van der Waals surface area contributed by atoms with Crippen LogP contribution in [0.25, 0.3) is 64.3 Å². The van der Waals surface area contributed by atoms with E-state index in [1.165, 1.54) is 64.3 Å². The SMILES string of the molecule is c1ccc(C2=NC(c3ccc(-c4ccccc4)cc3)=NC(c3cccc4sc5c6c(ccc5c34)-c3cccc4cccc-6c34)N2)cc1. The Morgan fingerprint density at radius 3 is 1.98 bits per heavy atom. The van der Waals surface area contributed by atoms with Gasteiger partial charge in [0.05, 0.1) is 0 Å². The average Bonchev–Trinajstić information content (AvgIpc) is 3.69. The van der Waals surface area contributed by atoms with Crippen molar-refractivity contribution < 1.29 is 0 Å². The van der Waals surface area contributed by atoms with Gasteiger partial charge in [-0.25, -0.2) is 9.98 Å². The molecular formula is C43H27N3S. The Kier molecular flexibility index (Phi) is 5.81. The van der Waals surface area contributed by atoms with E-state index in [1.54, 1.807) is 0 Å². The minimum Gasteiger partial charge on any atom is -0.344 e. The Morgan fingerprint density at radius 1 is 0.511 bits per heavy atom. The van der Waals surface area contributed by atoms with E-state index >= 15 is 0 Å². The first-order valence-electron chi connectivity index (χ1n) is 16.0. The van der Waals surface area contributed by atoms with Crippen molar-refractivity contribution in [3.63, 3.8) is 0 Å². The fraction of sp³-hybridized carbons (Fsp3) is 0.0233. The van der Waals surface area contributed by atoms with Gasteiger partial charge in [0.1, 0.15) is 12.0 Å². The van der Waals surface area contributed by atoms with Gasteiger partial charge in [0.15, 0.2) is 5.84 Å². The number of aliphatic imine (C=N–C) groups is 2. The van der Waals surface area contributed by atoms with Crippen molar-refractivity contribution in [1.29, 1.82) is 0 Å². The van der Waals surface area contributed by atoms with Gasteiger partial charge in [-0.2, -0.15) is 0 Å². The molecule has 0 amide bonds. The number of rotatable bonds is 4. The maximum Gasteiger partial charge on any atom is 0.159 e. The van der Waals surface area contributed by atoms with Gasteiger partial charge >= 0.3 is 0 Å². The number of fused-ring (bicyclic) bond motifs is 7. The number of benzene rings is 7. The van der Waals surface area contributed by atoms with Gasteiger partial charge in [-0.1, -0.05) is 146 Å². The molecule has 0 bridgehead atoms. The van der Waals surface area contributed by atoms with Crippen LogP contribution in [0.3, 0.4) is 0 Å². The molecule has 1 unspecified atom stereocenters. The Morgan fingerprint density at radius 2 is 1.19 bits per heavy atom. The van der Waals surface area contributed by atoms with Crippen LogP contribution >= 0.6 is 11.3 Å². The molecule has 2 aliphatic rings. The van der Waals surface area contributed by atoms with Crippen molar-refractivity contribution in [2.75, 3.05) is 0 Å². The van der Waals surface area contributed by atoms with Crippen molar-refractivity contribution in [1.82, 2.24) is 5.32 Å². The van der Waals surface area contributed by atoms with Crippen LogP contribution in [0.4, 0.5) is 0 Å². The molecule has 47 heavy (non-hydrogen) atoms. The number of hydrogen-bond donors (Lipinski definition) is 1. The molecule has 4 heteroatoms. The summed E-state index contributed by atoms with van der Waals surface area (Å²) in [5.74, 6) is 1.55. The lowest BCUT2D eigenvalue weighted by Crippen LogP contribution is -2.33. The predicted octanol–water partition coefficient (Wildman–Crippen LogP) is 11.0. The highest BCUT2D eigenvalue weighted by Crippen LogP contribution is 2.53. The van der Waals surface area contributed by atoms with Crippen molar-refractivity contribution in [2.24, 2.45) is 9.98 Å². The van der Waals surface area contributed by atoms with Crippen molar-refractivity contribution in [2.45, 2.75) is 6.17 Å². The number of amidine groups is 2. The van der Waals surface area contributed by atoms with Crippen molar-refractivity contribution in [3.05, 3.63) is 168 Å². The quantitative estimate of drug-likeness (QED) is 0.210. The first-order valence-corrected chi connectivity index (χ1v) is 16.8. The summed E-state index contributed by atoms with van der Waals surface area (Å²) in [6.45, 7) is 0. The van der Waals surface area contributed by atoms with E-state index < -0.39 is 0 Å². The topological polar surface area (TPSA) is 36.8 Å². The molecule has 1 aromatic heterocycles. The third kappa shape index (κ3) is 4.12. The average molecular weight is 618 g/mol. The molecule has 7 aromatic carbocycles. The Labute approximate surface area is 276 Å². The minimum absolute atomic E-state index is 0.304. The highest BCUT2D eigenvalue weighted by atomic mass is 32.1. The van der Waals surface area contributed by atoms with Gasteiger partial charge in [0.25, 0.3) is 0 Å². The summed E-state index contributed by atoms with van der Waals surface area (Å²) in [4.78, 5) is 10.4. The Hall–Kier alpha value is -5.84. The zero-order valence-corrected chi connectivity index (χ0v) is 26.1. The zero-order chi connectivity index (χ0) is 30.9. The van der Waals surface area contributed by atoms with Crippen LogP contribution in [-0.4, -0.2) is 11.7 Å². The van der Waals surface area contributed by atoms with E-state index in [4.69, 9.17) is 9.98 Å². The van der Waals surface area contributed by atoms with Gasteiger partial charge in [-0.15, -0.1) is 11.3 Å². The van der Waals surface area contributed by atoms with Crippen LogP contribution in [0.5, 0.6) is 0 Å². The number of nitrogens with one attached hydrogen (secondary N) is 1. The van der Waals surface area contributed by atoms with Crippen LogP contribution in [0.1, 0.15) is 22.9 Å². The third-order valence-electron chi connectivity index (χ3n) is 9.50. The highest BCUT2D eigenvalue weighted by molar-refractivity contribution is 7.26. The van der Waals surface area contributed by atoms with Gasteiger partial charge in [-0.05, 0) is 44.7 Å². The van der Waals surface area contributed by atoms with Gasteiger partial charge in [0, 0.05) is 42.4 Å². The molecular weight excluding hydrogens is 591 g/mol. The summed E-state index contributed by atoms with van der Waals surface area (Å²) in [5, 5.41) is 8.91. The lowest BCUT2D eigenvalue weighted by molar-refractivity contribution is 0.680.